The molecular formula is C9H13N3O3. The van der Waals surface area contributed by atoms with Crippen molar-refractivity contribution in [2.75, 3.05) is 11.9 Å². The lowest BCUT2D eigenvalue weighted by molar-refractivity contribution is -0.138. The number of hydrogen-bond acceptors (Lipinski definition) is 5. The zero-order valence-corrected chi connectivity index (χ0v) is 8.09. The number of rotatable bonds is 6. The van der Waals surface area contributed by atoms with Gasteiger partial charge in [0.05, 0.1) is 12.3 Å². The summed E-state index contributed by atoms with van der Waals surface area (Å²) in [4.78, 5) is 19.0. The average molecular weight is 211 g/mol. The summed E-state index contributed by atoms with van der Waals surface area (Å²) in [7, 11) is 0. The van der Waals surface area contributed by atoms with Gasteiger partial charge in [0, 0.05) is 18.8 Å². The molecule has 0 saturated carbocycles. The van der Waals surface area contributed by atoms with Gasteiger partial charge in [-0.15, -0.1) is 0 Å². The molecule has 0 aliphatic carbocycles. The number of carboxylic acids is 1. The number of aliphatic carboxylic acids is 1. The van der Waals surface area contributed by atoms with Gasteiger partial charge in [0.1, 0.15) is 6.04 Å². The predicted molar refractivity (Wildman–Crippen MR) is 54.0 cm³/mol. The first-order chi connectivity index (χ1) is 7.24. The van der Waals surface area contributed by atoms with Crippen molar-refractivity contribution < 1.29 is 14.7 Å². The second-order valence-electron chi connectivity index (χ2n) is 2.94. The minimum atomic E-state index is -0.948. The fourth-order valence-corrected chi connectivity index (χ4v) is 1.09. The summed E-state index contributed by atoms with van der Waals surface area (Å²) < 4.78 is 0. The molecule has 0 bridgehead atoms. The SMILES string of the molecule is NOCC[C@H](Nc1cccnc1)C(=O)O. The fourth-order valence-electron chi connectivity index (χ4n) is 1.09. The quantitative estimate of drug-likeness (QED) is 0.582. The van der Waals surface area contributed by atoms with Crippen molar-refractivity contribution in [1.29, 1.82) is 0 Å². The van der Waals surface area contributed by atoms with Gasteiger partial charge in [0.15, 0.2) is 0 Å². The first-order valence-electron chi connectivity index (χ1n) is 4.45. The number of anilines is 1. The third-order valence-corrected chi connectivity index (χ3v) is 1.82. The van der Waals surface area contributed by atoms with Crippen molar-refractivity contribution in [3.63, 3.8) is 0 Å². The van der Waals surface area contributed by atoms with Crippen molar-refractivity contribution in [2.45, 2.75) is 12.5 Å². The lowest BCUT2D eigenvalue weighted by atomic mass is 10.2. The normalized spacial score (nSPS) is 12.1. The van der Waals surface area contributed by atoms with E-state index in [1.54, 1.807) is 24.5 Å². The van der Waals surface area contributed by atoms with E-state index in [9.17, 15) is 4.79 Å². The van der Waals surface area contributed by atoms with Gasteiger partial charge in [-0.25, -0.2) is 10.7 Å². The molecule has 15 heavy (non-hydrogen) atoms. The minimum absolute atomic E-state index is 0.185. The first kappa shape index (κ1) is 11.4. The lowest BCUT2D eigenvalue weighted by Crippen LogP contribution is -2.31. The number of pyridine rings is 1. The molecule has 0 unspecified atom stereocenters. The Labute approximate surface area is 87.0 Å². The zero-order chi connectivity index (χ0) is 11.1. The molecule has 1 atom stereocenters. The van der Waals surface area contributed by atoms with Crippen LogP contribution in [0.25, 0.3) is 0 Å². The molecule has 0 spiro atoms. The van der Waals surface area contributed by atoms with Crippen molar-refractivity contribution in [1.82, 2.24) is 4.98 Å². The van der Waals surface area contributed by atoms with Crippen LogP contribution in [0.5, 0.6) is 0 Å². The Morgan fingerprint density at radius 3 is 3.07 bits per heavy atom. The molecular weight excluding hydrogens is 198 g/mol. The Morgan fingerprint density at radius 2 is 2.53 bits per heavy atom. The van der Waals surface area contributed by atoms with Gasteiger partial charge in [0.25, 0.3) is 0 Å². The molecule has 0 amide bonds. The third-order valence-electron chi connectivity index (χ3n) is 1.82. The van der Waals surface area contributed by atoms with E-state index in [-0.39, 0.29) is 6.61 Å². The summed E-state index contributed by atoms with van der Waals surface area (Å²) >= 11 is 0. The molecule has 1 aromatic rings. The highest BCUT2D eigenvalue weighted by Gasteiger charge is 2.16. The molecule has 1 aromatic heterocycles. The largest absolute Gasteiger partial charge is 0.480 e. The maximum Gasteiger partial charge on any atom is 0.326 e. The Hall–Kier alpha value is -1.66. The highest BCUT2D eigenvalue weighted by molar-refractivity contribution is 5.77. The van der Waals surface area contributed by atoms with Gasteiger partial charge in [-0.2, -0.15) is 0 Å². The van der Waals surface area contributed by atoms with Crippen LogP contribution < -0.4 is 11.2 Å². The smallest absolute Gasteiger partial charge is 0.326 e. The van der Waals surface area contributed by atoms with Crippen LogP contribution in [0.3, 0.4) is 0 Å². The molecule has 6 heteroatoms. The first-order valence-corrected chi connectivity index (χ1v) is 4.45. The number of carbonyl (C=O) groups is 1. The number of hydrogen-bond donors (Lipinski definition) is 3. The van der Waals surface area contributed by atoms with Gasteiger partial charge in [0.2, 0.25) is 0 Å². The van der Waals surface area contributed by atoms with E-state index < -0.39 is 12.0 Å². The van der Waals surface area contributed by atoms with Gasteiger partial charge in [-0.1, -0.05) is 0 Å². The van der Waals surface area contributed by atoms with Crippen molar-refractivity contribution >= 4 is 11.7 Å². The monoisotopic (exact) mass is 211 g/mol. The maximum atomic E-state index is 10.8. The van der Waals surface area contributed by atoms with Crippen LogP contribution in [-0.4, -0.2) is 28.7 Å². The van der Waals surface area contributed by atoms with Gasteiger partial charge >= 0.3 is 5.97 Å². The standard InChI is InChI=1S/C9H13N3O3/c10-15-5-3-8(9(13)14)12-7-2-1-4-11-6-7/h1-2,4,6,8,12H,3,5,10H2,(H,13,14)/t8-/m0/s1. The summed E-state index contributed by atoms with van der Waals surface area (Å²) in [6, 6.07) is 2.74. The Morgan fingerprint density at radius 1 is 1.73 bits per heavy atom. The number of nitrogens with zero attached hydrogens (tertiary/aromatic N) is 1. The second kappa shape index (κ2) is 5.94. The van der Waals surface area contributed by atoms with Gasteiger partial charge in [-0.3, -0.25) is 4.98 Å². The molecule has 1 heterocycles. The Kier molecular flexibility index (Phi) is 4.52. The van der Waals surface area contributed by atoms with Crippen LogP contribution in [0.4, 0.5) is 5.69 Å². The molecule has 82 valence electrons. The number of carboxylic acid groups (broad SMARTS) is 1. The highest BCUT2D eigenvalue weighted by atomic mass is 16.6. The molecule has 0 aliphatic rings. The summed E-state index contributed by atoms with van der Waals surface area (Å²) in [6.07, 6.45) is 3.46. The lowest BCUT2D eigenvalue weighted by Gasteiger charge is -2.14. The molecule has 4 N–H and O–H groups in total. The molecule has 0 fully saturated rings. The second-order valence-corrected chi connectivity index (χ2v) is 2.94. The summed E-state index contributed by atoms with van der Waals surface area (Å²) in [5.41, 5.74) is 0.655. The highest BCUT2D eigenvalue weighted by Crippen LogP contribution is 2.07. The van der Waals surface area contributed by atoms with E-state index >= 15 is 0 Å². The number of nitrogens with two attached hydrogens (primary N) is 1. The zero-order valence-electron chi connectivity index (χ0n) is 8.09. The van der Waals surface area contributed by atoms with Crippen LogP contribution in [-0.2, 0) is 9.63 Å². The Balaban J connectivity index is 2.55. The van der Waals surface area contributed by atoms with E-state index in [0.717, 1.165) is 0 Å². The van der Waals surface area contributed by atoms with E-state index in [4.69, 9.17) is 11.0 Å². The van der Waals surface area contributed by atoms with E-state index in [1.165, 1.54) is 0 Å². The van der Waals surface area contributed by atoms with Crippen molar-refractivity contribution in [3.8, 4) is 0 Å². The minimum Gasteiger partial charge on any atom is -0.480 e. The molecule has 0 aromatic carbocycles. The Bertz CT molecular complexity index is 305. The molecule has 0 radical (unpaired) electrons. The van der Waals surface area contributed by atoms with Crippen LogP contribution in [0.15, 0.2) is 24.5 Å². The summed E-state index contributed by atoms with van der Waals surface area (Å²) in [5, 5.41) is 11.7. The fraction of sp³-hybridized carbons (Fsp3) is 0.333. The third kappa shape index (κ3) is 3.92. The van der Waals surface area contributed by atoms with Crippen LogP contribution in [0.2, 0.25) is 0 Å². The summed E-state index contributed by atoms with van der Waals surface area (Å²) in [5.74, 6) is 3.89. The average Bonchev–Trinajstić information content (AvgIpc) is 2.25. The topological polar surface area (TPSA) is 97.5 Å². The predicted octanol–water partition coefficient (Wildman–Crippen LogP) is 0.227. The number of nitrogens with one attached hydrogen (secondary N) is 1. The molecule has 0 saturated heterocycles. The number of aromatic nitrogens is 1. The van der Waals surface area contributed by atoms with E-state index in [2.05, 4.69) is 15.1 Å². The van der Waals surface area contributed by atoms with Crippen LogP contribution in [0.1, 0.15) is 6.42 Å². The molecule has 0 aliphatic heterocycles. The van der Waals surface area contributed by atoms with Gasteiger partial charge in [-0.05, 0) is 12.1 Å². The van der Waals surface area contributed by atoms with Crippen molar-refractivity contribution in [3.05, 3.63) is 24.5 Å². The molecule has 6 nitrogen and oxygen atoms in total. The maximum absolute atomic E-state index is 10.8. The molecule has 1 rings (SSSR count). The summed E-state index contributed by atoms with van der Waals surface area (Å²) in [6.45, 7) is 0.185. The van der Waals surface area contributed by atoms with Crippen molar-refractivity contribution in [2.24, 2.45) is 5.90 Å². The van der Waals surface area contributed by atoms with Crippen LogP contribution >= 0.6 is 0 Å². The van der Waals surface area contributed by atoms with E-state index in [1.807, 2.05) is 0 Å². The van der Waals surface area contributed by atoms with E-state index in [0.29, 0.717) is 12.1 Å². The van der Waals surface area contributed by atoms with Crippen LogP contribution in [0, 0.1) is 0 Å². The van der Waals surface area contributed by atoms with Gasteiger partial charge < -0.3 is 15.3 Å².